The van der Waals surface area contributed by atoms with Gasteiger partial charge in [0.25, 0.3) is 0 Å². The molecule has 1 spiro atoms. The molecule has 2 N–H and O–H groups in total. The molecule has 2 aliphatic carbocycles. The van der Waals surface area contributed by atoms with Gasteiger partial charge < -0.3 is 20.3 Å². The lowest BCUT2D eigenvalue weighted by Gasteiger charge is -2.57. The van der Waals surface area contributed by atoms with Gasteiger partial charge in [-0.25, -0.2) is 0 Å². The van der Waals surface area contributed by atoms with Gasteiger partial charge in [-0.2, -0.15) is 0 Å². The maximum atomic E-state index is 11.5. The number of aliphatic imine (C=N–C) groups is 1. The number of hydrogen-bond acceptors (Lipinski definition) is 3. The Morgan fingerprint density at radius 3 is 2.52 bits per heavy atom. The minimum atomic E-state index is 0.186. The summed E-state index contributed by atoms with van der Waals surface area (Å²) < 4.78 is 6.08. The Kier molecular flexibility index (Phi) is 4.65. The predicted molar refractivity (Wildman–Crippen MR) is 97.4 cm³/mol. The quantitative estimate of drug-likeness (QED) is 0.586. The summed E-state index contributed by atoms with van der Waals surface area (Å²) in [5, 5.41) is 7.38. The average molecular weight is 348 g/mol. The van der Waals surface area contributed by atoms with E-state index >= 15 is 0 Å². The summed E-state index contributed by atoms with van der Waals surface area (Å²) in [7, 11) is 1.86. The van der Waals surface area contributed by atoms with Crippen LogP contribution in [0.3, 0.4) is 0 Å². The van der Waals surface area contributed by atoms with Crippen molar-refractivity contribution in [3.8, 4) is 0 Å². The van der Waals surface area contributed by atoms with Gasteiger partial charge in [-0.1, -0.05) is 12.8 Å². The zero-order valence-corrected chi connectivity index (χ0v) is 15.6. The van der Waals surface area contributed by atoms with E-state index in [-0.39, 0.29) is 5.91 Å². The topological polar surface area (TPSA) is 66.0 Å². The van der Waals surface area contributed by atoms with Crippen LogP contribution in [0.1, 0.15) is 51.9 Å². The highest BCUT2D eigenvalue weighted by Crippen LogP contribution is 2.60. The van der Waals surface area contributed by atoms with E-state index < -0.39 is 0 Å². The highest BCUT2D eigenvalue weighted by molar-refractivity contribution is 5.80. The molecule has 6 nitrogen and oxygen atoms in total. The molecule has 2 aliphatic heterocycles. The molecule has 0 aromatic carbocycles. The summed E-state index contributed by atoms with van der Waals surface area (Å²) in [6, 6.07) is 0.906. The van der Waals surface area contributed by atoms with Crippen molar-refractivity contribution in [1.29, 1.82) is 0 Å². The number of hydrogen-bond donors (Lipinski definition) is 2. The highest BCUT2D eigenvalue weighted by atomic mass is 16.5. The molecule has 3 atom stereocenters. The van der Waals surface area contributed by atoms with Crippen LogP contribution in [0, 0.1) is 11.3 Å². The molecule has 4 aliphatic rings. The summed E-state index contributed by atoms with van der Waals surface area (Å²) in [6.45, 7) is 4.27. The zero-order chi connectivity index (χ0) is 17.4. The number of amides is 1. The van der Waals surface area contributed by atoms with Crippen molar-refractivity contribution in [2.45, 2.75) is 70.1 Å². The van der Waals surface area contributed by atoms with Crippen LogP contribution >= 0.6 is 0 Å². The smallest absolute Gasteiger partial charge is 0.219 e. The third-order valence-corrected chi connectivity index (χ3v) is 7.08. The van der Waals surface area contributed by atoms with Crippen molar-refractivity contribution in [2.75, 3.05) is 26.7 Å². The van der Waals surface area contributed by atoms with Gasteiger partial charge in [0.1, 0.15) is 0 Å². The summed E-state index contributed by atoms with van der Waals surface area (Å²) in [5.41, 5.74) is 0.344. The van der Waals surface area contributed by atoms with Gasteiger partial charge in [0.2, 0.25) is 5.91 Å². The Bertz CT molecular complexity index is 536. The Morgan fingerprint density at radius 2 is 1.88 bits per heavy atom. The van der Waals surface area contributed by atoms with Gasteiger partial charge in [-0.3, -0.25) is 9.79 Å². The Balaban J connectivity index is 1.35. The molecule has 2 saturated carbocycles. The summed E-state index contributed by atoms with van der Waals surface area (Å²) in [5.74, 6) is 1.77. The minimum Gasteiger partial charge on any atom is -0.377 e. The summed E-state index contributed by atoms with van der Waals surface area (Å²) in [4.78, 5) is 17.9. The predicted octanol–water partition coefficient (Wildman–Crippen LogP) is 1.51. The molecule has 4 fully saturated rings. The van der Waals surface area contributed by atoms with Crippen molar-refractivity contribution in [1.82, 2.24) is 15.5 Å². The van der Waals surface area contributed by atoms with Crippen LogP contribution in [0.15, 0.2) is 4.99 Å². The molecule has 0 bridgehead atoms. The maximum Gasteiger partial charge on any atom is 0.219 e. The van der Waals surface area contributed by atoms with Gasteiger partial charge in [-0.15, -0.1) is 0 Å². The maximum absolute atomic E-state index is 11.5. The normalized spacial score (nSPS) is 34.7. The number of rotatable bonds is 2. The van der Waals surface area contributed by atoms with Gasteiger partial charge in [-0.05, 0) is 32.1 Å². The van der Waals surface area contributed by atoms with E-state index in [1.807, 2.05) is 11.9 Å². The number of ether oxygens (including phenoxy) is 1. The second kappa shape index (κ2) is 6.78. The lowest BCUT2D eigenvalue weighted by atomic mass is 9.54. The molecular weight excluding hydrogens is 316 g/mol. The molecule has 0 aromatic rings. The van der Waals surface area contributed by atoms with E-state index in [1.165, 1.54) is 32.1 Å². The number of piperidine rings is 1. The van der Waals surface area contributed by atoms with Crippen molar-refractivity contribution in [2.24, 2.45) is 16.3 Å². The third kappa shape index (κ3) is 2.92. The van der Waals surface area contributed by atoms with Gasteiger partial charge in [0, 0.05) is 57.1 Å². The number of guanidine groups is 1. The molecule has 25 heavy (non-hydrogen) atoms. The summed E-state index contributed by atoms with van der Waals surface area (Å²) >= 11 is 0. The fourth-order valence-electron chi connectivity index (χ4n) is 5.75. The van der Waals surface area contributed by atoms with Gasteiger partial charge in [0.15, 0.2) is 5.96 Å². The lowest BCUT2D eigenvalue weighted by molar-refractivity contribution is -0.129. The fraction of sp³-hybridized carbons (Fsp3) is 0.895. The van der Waals surface area contributed by atoms with Crippen molar-refractivity contribution in [3.63, 3.8) is 0 Å². The average Bonchev–Trinajstić information content (AvgIpc) is 3.27. The molecule has 0 radical (unpaired) electrons. The van der Waals surface area contributed by atoms with Crippen molar-refractivity contribution >= 4 is 11.9 Å². The molecule has 2 heterocycles. The van der Waals surface area contributed by atoms with Crippen LogP contribution in [-0.2, 0) is 9.53 Å². The fourth-order valence-corrected chi connectivity index (χ4v) is 5.75. The monoisotopic (exact) mass is 348 g/mol. The van der Waals surface area contributed by atoms with Crippen LogP contribution in [0.25, 0.3) is 0 Å². The van der Waals surface area contributed by atoms with Crippen LogP contribution in [0.2, 0.25) is 0 Å². The SMILES string of the molecule is CN=C(NC1CCN(C(C)=O)CC1)NC1C2CCOC2C12CCCC2. The standard InChI is InChI=1S/C19H32N4O2/c1-13(24)23-10-5-14(6-11-23)21-18(20-2)22-16-15-7-12-25-17(15)19(16)8-3-4-9-19/h14-17H,3-12H2,1-2H3,(H2,20,21,22). The first-order valence-corrected chi connectivity index (χ1v) is 10.0. The first-order chi connectivity index (χ1) is 12.1. The van der Waals surface area contributed by atoms with Crippen LogP contribution < -0.4 is 10.6 Å². The number of fused-ring (bicyclic) bond motifs is 2. The van der Waals surface area contributed by atoms with Crippen molar-refractivity contribution in [3.05, 3.63) is 0 Å². The number of carbonyl (C=O) groups excluding carboxylic acids is 1. The highest BCUT2D eigenvalue weighted by Gasteiger charge is 2.65. The molecular formula is C19H32N4O2. The van der Waals surface area contributed by atoms with E-state index in [9.17, 15) is 4.79 Å². The zero-order valence-electron chi connectivity index (χ0n) is 15.6. The van der Waals surface area contributed by atoms with E-state index in [1.54, 1.807) is 6.92 Å². The summed E-state index contributed by atoms with van der Waals surface area (Å²) in [6.07, 6.45) is 8.89. The molecule has 6 heteroatoms. The van der Waals surface area contributed by atoms with Crippen LogP contribution in [0.5, 0.6) is 0 Å². The molecule has 3 unspecified atom stereocenters. The van der Waals surface area contributed by atoms with Crippen LogP contribution in [-0.4, -0.2) is 61.7 Å². The second-order valence-electron chi connectivity index (χ2n) is 8.30. The third-order valence-electron chi connectivity index (χ3n) is 7.08. The molecule has 2 saturated heterocycles. The Hall–Kier alpha value is -1.30. The number of nitrogens with zero attached hydrogens (tertiary/aromatic N) is 2. The first kappa shape index (κ1) is 17.1. The largest absolute Gasteiger partial charge is 0.377 e. The number of carbonyl (C=O) groups is 1. The van der Waals surface area contributed by atoms with E-state index in [0.717, 1.165) is 38.5 Å². The Labute approximate surface area is 150 Å². The van der Waals surface area contributed by atoms with E-state index in [2.05, 4.69) is 15.6 Å². The molecule has 4 rings (SSSR count). The molecule has 0 aromatic heterocycles. The second-order valence-corrected chi connectivity index (χ2v) is 8.30. The van der Waals surface area contributed by atoms with Crippen LogP contribution in [0.4, 0.5) is 0 Å². The number of nitrogens with one attached hydrogen (secondary N) is 2. The molecule has 1 amide bonds. The van der Waals surface area contributed by atoms with Gasteiger partial charge in [0.05, 0.1) is 6.10 Å². The van der Waals surface area contributed by atoms with Gasteiger partial charge >= 0.3 is 0 Å². The Morgan fingerprint density at radius 1 is 1.16 bits per heavy atom. The number of likely N-dealkylation sites (tertiary alicyclic amines) is 1. The molecule has 140 valence electrons. The van der Waals surface area contributed by atoms with E-state index in [4.69, 9.17) is 4.74 Å². The minimum absolute atomic E-state index is 0.186. The van der Waals surface area contributed by atoms with Crippen molar-refractivity contribution < 1.29 is 9.53 Å². The first-order valence-electron chi connectivity index (χ1n) is 10.0. The van der Waals surface area contributed by atoms with E-state index in [0.29, 0.717) is 29.5 Å². The lowest BCUT2D eigenvalue weighted by Crippen LogP contribution is -2.69.